The Balaban J connectivity index is 2.61. The van der Waals surface area contributed by atoms with Crippen molar-refractivity contribution >= 4 is 0 Å². The molecule has 0 heterocycles. The summed E-state index contributed by atoms with van der Waals surface area (Å²) in [6.45, 7) is 4.97. The average molecular weight is 302 g/mol. The minimum absolute atomic E-state index is 0.107. The summed E-state index contributed by atoms with van der Waals surface area (Å²) in [4.78, 5) is 2.05. The van der Waals surface area contributed by atoms with E-state index >= 15 is 0 Å². The lowest BCUT2D eigenvalue weighted by molar-refractivity contribution is -0.136. The minimum atomic E-state index is -4.09. The fraction of sp³-hybridized carbons (Fsp3) is 0.625. The molecule has 2 N–H and O–H groups in total. The van der Waals surface area contributed by atoms with E-state index in [0.29, 0.717) is 19.5 Å². The van der Waals surface area contributed by atoms with Gasteiger partial charge >= 0.3 is 6.18 Å². The molecule has 0 amide bonds. The second kappa shape index (κ2) is 7.27. The summed E-state index contributed by atoms with van der Waals surface area (Å²) < 4.78 is 36.8. The first-order valence-electron chi connectivity index (χ1n) is 7.20. The predicted molar refractivity (Wildman–Crippen MR) is 80.0 cm³/mol. The predicted octanol–water partition coefficient (Wildman–Crippen LogP) is 3.88. The van der Waals surface area contributed by atoms with E-state index < -0.39 is 18.1 Å². The van der Waals surface area contributed by atoms with Gasteiger partial charge in [0, 0.05) is 25.0 Å². The molecule has 120 valence electrons. The number of hydrogen-bond acceptors (Lipinski definition) is 2. The van der Waals surface area contributed by atoms with E-state index in [1.54, 1.807) is 0 Å². The number of nitrogens with two attached hydrogens (primary N) is 1. The molecule has 1 rings (SSSR count). The summed E-state index contributed by atoms with van der Waals surface area (Å²) in [6, 6.07) is 8.15. The van der Waals surface area contributed by atoms with Crippen LogP contribution >= 0.6 is 0 Å². The Morgan fingerprint density at radius 1 is 1.10 bits per heavy atom. The summed E-state index contributed by atoms with van der Waals surface area (Å²) in [5, 5.41) is 0. The first kappa shape index (κ1) is 18.0. The zero-order chi connectivity index (χ0) is 16.1. The second-order valence-corrected chi connectivity index (χ2v) is 6.01. The lowest BCUT2D eigenvalue weighted by Gasteiger charge is -2.38. The van der Waals surface area contributed by atoms with Crippen molar-refractivity contribution in [1.29, 1.82) is 0 Å². The topological polar surface area (TPSA) is 29.3 Å². The average Bonchev–Trinajstić information content (AvgIpc) is 2.39. The maximum Gasteiger partial charge on any atom is 0.389 e. The van der Waals surface area contributed by atoms with Crippen LogP contribution in [-0.4, -0.2) is 30.2 Å². The number of likely N-dealkylation sites (N-methyl/N-ethyl adjacent to an activating group) is 1. The van der Waals surface area contributed by atoms with Crippen molar-refractivity contribution in [3.05, 3.63) is 35.4 Å². The van der Waals surface area contributed by atoms with Crippen molar-refractivity contribution in [2.75, 3.05) is 13.6 Å². The molecule has 1 atom stereocenters. The first-order chi connectivity index (χ1) is 9.66. The van der Waals surface area contributed by atoms with Gasteiger partial charge in [-0.1, -0.05) is 29.8 Å². The van der Waals surface area contributed by atoms with E-state index in [9.17, 15) is 13.2 Å². The van der Waals surface area contributed by atoms with Crippen molar-refractivity contribution in [3.63, 3.8) is 0 Å². The lowest BCUT2D eigenvalue weighted by atomic mass is 9.92. The Labute approximate surface area is 125 Å². The van der Waals surface area contributed by atoms with Gasteiger partial charge in [-0.2, -0.15) is 13.2 Å². The van der Waals surface area contributed by atoms with Crippen LogP contribution in [0.3, 0.4) is 0 Å². The molecule has 0 aliphatic rings. The van der Waals surface area contributed by atoms with Crippen molar-refractivity contribution in [2.24, 2.45) is 5.73 Å². The number of hydrogen-bond donors (Lipinski definition) is 1. The molecule has 0 aliphatic carbocycles. The summed E-state index contributed by atoms with van der Waals surface area (Å²) in [6.07, 6.45) is -4.30. The molecule has 0 saturated heterocycles. The Morgan fingerprint density at radius 2 is 1.67 bits per heavy atom. The SMILES string of the molecule is Cc1ccc(CN(C)C(C)(CN)CCCC(F)(F)F)cc1. The molecule has 0 aliphatic heterocycles. The molecular formula is C16H25F3N2. The Bertz CT molecular complexity index is 428. The number of benzene rings is 1. The molecule has 1 aromatic carbocycles. The van der Waals surface area contributed by atoms with Crippen LogP contribution in [0.1, 0.15) is 37.3 Å². The third kappa shape index (κ3) is 6.06. The van der Waals surface area contributed by atoms with Crippen molar-refractivity contribution in [3.8, 4) is 0 Å². The van der Waals surface area contributed by atoms with Crippen LogP contribution in [0.5, 0.6) is 0 Å². The smallest absolute Gasteiger partial charge is 0.329 e. The normalized spacial score (nSPS) is 15.2. The number of halogens is 3. The largest absolute Gasteiger partial charge is 0.389 e. The number of nitrogens with zero attached hydrogens (tertiary/aromatic N) is 1. The third-order valence-corrected chi connectivity index (χ3v) is 4.08. The van der Waals surface area contributed by atoms with Crippen LogP contribution in [-0.2, 0) is 6.54 Å². The molecular weight excluding hydrogens is 277 g/mol. The number of alkyl halides is 3. The standard InChI is InChI=1S/C16H25F3N2/c1-13-5-7-14(8-6-13)11-21(3)15(2,12-20)9-4-10-16(17,18)19/h5-8H,4,9-12,20H2,1-3H3. The number of aryl methyl sites for hydroxylation is 1. The monoisotopic (exact) mass is 302 g/mol. The molecule has 1 aromatic rings. The Hall–Kier alpha value is -1.07. The fourth-order valence-corrected chi connectivity index (χ4v) is 2.28. The van der Waals surface area contributed by atoms with E-state index in [4.69, 9.17) is 5.73 Å². The molecule has 0 saturated carbocycles. The summed E-state index contributed by atoms with van der Waals surface area (Å²) in [7, 11) is 1.92. The molecule has 0 aromatic heterocycles. The highest BCUT2D eigenvalue weighted by Gasteiger charge is 2.31. The van der Waals surface area contributed by atoms with Crippen LogP contribution in [0.15, 0.2) is 24.3 Å². The second-order valence-electron chi connectivity index (χ2n) is 6.01. The van der Waals surface area contributed by atoms with Crippen LogP contribution in [0, 0.1) is 6.92 Å². The van der Waals surface area contributed by atoms with Crippen molar-refractivity contribution in [2.45, 2.75) is 51.4 Å². The maximum atomic E-state index is 12.3. The highest BCUT2D eigenvalue weighted by Crippen LogP contribution is 2.27. The van der Waals surface area contributed by atoms with E-state index in [1.807, 2.05) is 50.1 Å². The summed E-state index contributed by atoms with van der Waals surface area (Å²) in [5.74, 6) is 0. The van der Waals surface area contributed by atoms with Gasteiger partial charge in [0.25, 0.3) is 0 Å². The molecule has 1 unspecified atom stereocenters. The third-order valence-electron chi connectivity index (χ3n) is 4.08. The lowest BCUT2D eigenvalue weighted by Crippen LogP contribution is -2.49. The van der Waals surface area contributed by atoms with E-state index in [-0.39, 0.29) is 6.42 Å². The molecule has 0 spiro atoms. The Morgan fingerprint density at radius 3 is 2.14 bits per heavy atom. The first-order valence-corrected chi connectivity index (χ1v) is 7.20. The number of rotatable bonds is 7. The maximum absolute atomic E-state index is 12.3. The van der Waals surface area contributed by atoms with Crippen LogP contribution in [0.25, 0.3) is 0 Å². The van der Waals surface area contributed by atoms with Gasteiger partial charge in [0.15, 0.2) is 0 Å². The van der Waals surface area contributed by atoms with E-state index in [0.717, 1.165) is 5.56 Å². The van der Waals surface area contributed by atoms with E-state index in [1.165, 1.54) is 5.56 Å². The summed E-state index contributed by atoms with van der Waals surface area (Å²) in [5.41, 5.74) is 7.72. The zero-order valence-electron chi connectivity index (χ0n) is 13.0. The summed E-state index contributed by atoms with van der Waals surface area (Å²) >= 11 is 0. The molecule has 21 heavy (non-hydrogen) atoms. The van der Waals surface area contributed by atoms with E-state index in [2.05, 4.69) is 0 Å². The quantitative estimate of drug-likeness (QED) is 0.828. The van der Waals surface area contributed by atoms with Crippen molar-refractivity contribution < 1.29 is 13.2 Å². The minimum Gasteiger partial charge on any atom is -0.329 e. The zero-order valence-corrected chi connectivity index (χ0v) is 13.0. The molecule has 0 radical (unpaired) electrons. The molecule has 5 heteroatoms. The van der Waals surface area contributed by atoms with Crippen molar-refractivity contribution in [1.82, 2.24) is 4.90 Å². The molecule has 2 nitrogen and oxygen atoms in total. The van der Waals surface area contributed by atoms with Gasteiger partial charge in [-0.05, 0) is 39.3 Å². The van der Waals surface area contributed by atoms with Gasteiger partial charge in [0.1, 0.15) is 0 Å². The molecule has 0 fully saturated rings. The fourth-order valence-electron chi connectivity index (χ4n) is 2.28. The highest BCUT2D eigenvalue weighted by molar-refractivity contribution is 5.21. The van der Waals surface area contributed by atoms with Gasteiger partial charge in [0.05, 0.1) is 0 Å². The van der Waals surface area contributed by atoms with Gasteiger partial charge in [0.2, 0.25) is 0 Å². The van der Waals surface area contributed by atoms with Gasteiger partial charge in [-0.25, -0.2) is 0 Å². The molecule has 0 bridgehead atoms. The van der Waals surface area contributed by atoms with Gasteiger partial charge in [-0.15, -0.1) is 0 Å². The van der Waals surface area contributed by atoms with Crippen LogP contribution in [0.4, 0.5) is 13.2 Å². The van der Waals surface area contributed by atoms with Crippen LogP contribution < -0.4 is 5.73 Å². The van der Waals surface area contributed by atoms with Gasteiger partial charge in [-0.3, -0.25) is 4.90 Å². The van der Waals surface area contributed by atoms with Crippen LogP contribution in [0.2, 0.25) is 0 Å². The van der Waals surface area contributed by atoms with Gasteiger partial charge < -0.3 is 5.73 Å². The highest BCUT2D eigenvalue weighted by atomic mass is 19.4. The Kier molecular flexibility index (Phi) is 6.23.